The van der Waals surface area contributed by atoms with Gasteiger partial charge in [0.2, 0.25) is 0 Å². The van der Waals surface area contributed by atoms with Gasteiger partial charge in [0.15, 0.2) is 5.03 Å². The fraction of sp³-hybridized carbons (Fsp3) is 0.182. The van der Waals surface area contributed by atoms with Crippen molar-refractivity contribution in [2.75, 3.05) is 4.72 Å². The van der Waals surface area contributed by atoms with Gasteiger partial charge in [-0.1, -0.05) is 0 Å². The van der Waals surface area contributed by atoms with Crippen LogP contribution < -0.4 is 9.46 Å². The molecule has 21 heavy (non-hydrogen) atoms. The molecule has 2 rings (SSSR count). The summed E-state index contributed by atoms with van der Waals surface area (Å²) in [5.41, 5.74) is 0.0942. The third-order valence-electron chi connectivity index (χ3n) is 2.31. The van der Waals surface area contributed by atoms with Crippen LogP contribution in [0.5, 0.6) is 5.75 Å². The Bertz CT molecular complexity index is 723. The summed E-state index contributed by atoms with van der Waals surface area (Å²) in [5.74, 6) is -0.0212. The first-order chi connectivity index (χ1) is 9.66. The van der Waals surface area contributed by atoms with Crippen molar-refractivity contribution in [2.24, 2.45) is 0 Å². The van der Waals surface area contributed by atoms with Crippen molar-refractivity contribution in [1.82, 2.24) is 9.97 Å². The predicted octanol–water partition coefficient (Wildman–Crippen LogP) is 2.42. The molecule has 0 aliphatic heterocycles. The number of nitrogens with zero attached hydrogens (tertiary/aromatic N) is 1. The zero-order valence-corrected chi connectivity index (χ0v) is 11.4. The number of halogens is 3. The number of rotatable bonds is 4. The molecule has 0 aliphatic carbocycles. The van der Waals surface area contributed by atoms with Crippen LogP contribution in [0.25, 0.3) is 0 Å². The van der Waals surface area contributed by atoms with Gasteiger partial charge >= 0.3 is 6.36 Å². The molecule has 0 aliphatic rings. The number of ether oxygens (including phenoxy) is 1. The third kappa shape index (κ3) is 4.12. The summed E-state index contributed by atoms with van der Waals surface area (Å²) in [5, 5.41) is -0.143. The molecule has 10 heteroatoms. The highest BCUT2D eigenvalue weighted by Crippen LogP contribution is 2.24. The molecular formula is C11H10F3N3O3S. The quantitative estimate of drug-likeness (QED) is 0.906. The SMILES string of the molecule is Cc1ncc(S(=O)(=O)Nc2ccc(OC(F)(F)F)cc2)[nH]1. The van der Waals surface area contributed by atoms with E-state index in [1.165, 1.54) is 0 Å². The molecule has 0 amide bonds. The lowest BCUT2D eigenvalue weighted by molar-refractivity contribution is -0.274. The van der Waals surface area contributed by atoms with Crippen LogP contribution in [0.15, 0.2) is 35.5 Å². The van der Waals surface area contributed by atoms with E-state index in [9.17, 15) is 21.6 Å². The van der Waals surface area contributed by atoms with Gasteiger partial charge in [-0.25, -0.2) is 4.98 Å². The summed E-state index contributed by atoms with van der Waals surface area (Å²) in [6, 6.07) is 4.32. The normalized spacial score (nSPS) is 12.2. The minimum absolute atomic E-state index is 0.0942. The number of aromatic nitrogens is 2. The van der Waals surface area contributed by atoms with Crippen LogP contribution in [0, 0.1) is 6.92 Å². The highest BCUT2D eigenvalue weighted by molar-refractivity contribution is 7.92. The minimum Gasteiger partial charge on any atom is -0.406 e. The van der Waals surface area contributed by atoms with Crippen molar-refractivity contribution in [3.63, 3.8) is 0 Å². The second-order valence-corrected chi connectivity index (χ2v) is 5.66. The van der Waals surface area contributed by atoms with E-state index in [2.05, 4.69) is 19.4 Å². The van der Waals surface area contributed by atoms with Crippen molar-refractivity contribution in [2.45, 2.75) is 18.3 Å². The van der Waals surface area contributed by atoms with Crippen LogP contribution in [-0.2, 0) is 10.0 Å². The van der Waals surface area contributed by atoms with E-state index in [0.29, 0.717) is 5.82 Å². The van der Waals surface area contributed by atoms with E-state index in [1.807, 2.05) is 0 Å². The average Bonchev–Trinajstić information content (AvgIpc) is 2.77. The number of aromatic amines is 1. The number of imidazole rings is 1. The summed E-state index contributed by atoms with van der Waals surface area (Å²) in [7, 11) is -3.87. The van der Waals surface area contributed by atoms with E-state index in [0.717, 1.165) is 30.5 Å². The maximum Gasteiger partial charge on any atom is 0.573 e. The molecule has 114 valence electrons. The Balaban J connectivity index is 2.13. The van der Waals surface area contributed by atoms with E-state index in [-0.39, 0.29) is 10.7 Å². The van der Waals surface area contributed by atoms with Crippen molar-refractivity contribution < 1.29 is 26.3 Å². The molecule has 6 nitrogen and oxygen atoms in total. The van der Waals surface area contributed by atoms with Crippen LogP contribution in [0.3, 0.4) is 0 Å². The second-order valence-electron chi connectivity index (χ2n) is 4.01. The summed E-state index contributed by atoms with van der Waals surface area (Å²) in [6.45, 7) is 1.59. The third-order valence-corrected chi connectivity index (χ3v) is 3.60. The molecule has 0 fully saturated rings. The van der Waals surface area contributed by atoms with Crippen molar-refractivity contribution in [3.8, 4) is 5.75 Å². The van der Waals surface area contributed by atoms with Gasteiger partial charge in [-0.2, -0.15) is 8.42 Å². The molecule has 1 aromatic heterocycles. The van der Waals surface area contributed by atoms with Gasteiger partial charge < -0.3 is 9.72 Å². The largest absolute Gasteiger partial charge is 0.573 e. The lowest BCUT2D eigenvalue weighted by atomic mass is 10.3. The number of nitrogens with one attached hydrogen (secondary N) is 2. The molecule has 0 bridgehead atoms. The maximum absolute atomic E-state index is 12.0. The predicted molar refractivity (Wildman–Crippen MR) is 67.3 cm³/mol. The van der Waals surface area contributed by atoms with E-state index in [4.69, 9.17) is 0 Å². The molecule has 2 N–H and O–H groups in total. The molecule has 0 atom stereocenters. The number of aryl methyl sites for hydroxylation is 1. The Morgan fingerprint density at radius 2 is 1.86 bits per heavy atom. The van der Waals surface area contributed by atoms with Crippen molar-refractivity contribution >= 4 is 15.7 Å². The number of H-pyrrole nitrogens is 1. The second kappa shape index (κ2) is 5.28. The Morgan fingerprint density at radius 3 is 2.33 bits per heavy atom. The summed E-state index contributed by atoms with van der Waals surface area (Å²) in [4.78, 5) is 6.30. The van der Waals surface area contributed by atoms with Crippen LogP contribution in [0.2, 0.25) is 0 Å². The van der Waals surface area contributed by atoms with Gasteiger partial charge in [-0.05, 0) is 31.2 Å². The molecule has 0 radical (unpaired) electrons. The summed E-state index contributed by atoms with van der Waals surface area (Å²) < 4.78 is 65.7. The highest BCUT2D eigenvalue weighted by Gasteiger charge is 2.31. The number of hydrogen-bond acceptors (Lipinski definition) is 4. The fourth-order valence-corrected chi connectivity index (χ4v) is 2.50. The van der Waals surface area contributed by atoms with Crippen molar-refractivity contribution in [3.05, 3.63) is 36.3 Å². The molecule has 0 saturated carbocycles. The topological polar surface area (TPSA) is 84.1 Å². The first-order valence-corrected chi connectivity index (χ1v) is 7.04. The lowest BCUT2D eigenvalue weighted by Crippen LogP contribution is -2.17. The van der Waals surface area contributed by atoms with Gasteiger partial charge in [0.1, 0.15) is 11.6 Å². The van der Waals surface area contributed by atoms with Crippen LogP contribution >= 0.6 is 0 Å². The Morgan fingerprint density at radius 1 is 1.24 bits per heavy atom. The zero-order chi connectivity index (χ0) is 15.7. The molecule has 1 aromatic carbocycles. The van der Waals surface area contributed by atoms with Crippen LogP contribution in [0.1, 0.15) is 5.82 Å². The molecule has 0 unspecified atom stereocenters. The standard InChI is InChI=1S/C11H10F3N3O3S/c1-7-15-6-10(16-7)21(18,19)17-8-2-4-9(5-3-8)20-11(12,13)14/h2-6,17H,1H3,(H,15,16). The minimum atomic E-state index is -4.80. The molecule has 1 heterocycles. The molecular weight excluding hydrogens is 311 g/mol. The Labute approximate surface area is 118 Å². The van der Waals surface area contributed by atoms with Crippen LogP contribution in [0.4, 0.5) is 18.9 Å². The molecule has 0 saturated heterocycles. The molecule has 0 spiro atoms. The number of hydrogen-bond donors (Lipinski definition) is 2. The van der Waals surface area contributed by atoms with Gasteiger partial charge in [0.25, 0.3) is 10.0 Å². The van der Waals surface area contributed by atoms with Crippen molar-refractivity contribution in [1.29, 1.82) is 0 Å². The first kappa shape index (κ1) is 15.2. The molecule has 2 aromatic rings. The Hall–Kier alpha value is -2.23. The fourth-order valence-electron chi connectivity index (χ4n) is 1.47. The van der Waals surface area contributed by atoms with Gasteiger partial charge in [0, 0.05) is 5.69 Å². The highest BCUT2D eigenvalue weighted by atomic mass is 32.2. The van der Waals surface area contributed by atoms with E-state index in [1.54, 1.807) is 6.92 Å². The average molecular weight is 321 g/mol. The lowest BCUT2D eigenvalue weighted by Gasteiger charge is -2.10. The smallest absolute Gasteiger partial charge is 0.406 e. The number of sulfonamides is 1. The number of alkyl halides is 3. The van der Waals surface area contributed by atoms with Gasteiger partial charge in [-0.15, -0.1) is 13.2 Å². The number of benzene rings is 1. The van der Waals surface area contributed by atoms with Crippen LogP contribution in [-0.4, -0.2) is 24.7 Å². The van der Waals surface area contributed by atoms with Gasteiger partial charge in [-0.3, -0.25) is 4.72 Å². The maximum atomic E-state index is 12.0. The first-order valence-electron chi connectivity index (χ1n) is 5.56. The van der Waals surface area contributed by atoms with E-state index < -0.39 is 22.1 Å². The zero-order valence-electron chi connectivity index (χ0n) is 10.6. The van der Waals surface area contributed by atoms with Gasteiger partial charge in [0.05, 0.1) is 6.20 Å². The summed E-state index contributed by atoms with van der Waals surface area (Å²) in [6.07, 6.45) is -3.66. The monoisotopic (exact) mass is 321 g/mol. The Kier molecular flexibility index (Phi) is 3.81. The summed E-state index contributed by atoms with van der Waals surface area (Å²) >= 11 is 0. The number of anilines is 1. The van der Waals surface area contributed by atoms with E-state index >= 15 is 0 Å².